The molecular weight excluding hydrogens is 580 g/mol. The van der Waals surface area contributed by atoms with Gasteiger partial charge in [-0.25, -0.2) is 8.42 Å². The second-order valence-electron chi connectivity index (χ2n) is 10.2. The number of aryl methyl sites for hydroxylation is 1. The van der Waals surface area contributed by atoms with Crippen molar-refractivity contribution in [3.05, 3.63) is 149 Å². The van der Waals surface area contributed by atoms with Gasteiger partial charge in [0.1, 0.15) is 17.2 Å². The molecule has 0 saturated heterocycles. The average Bonchev–Trinajstić information content (AvgIpc) is 3.40. The van der Waals surface area contributed by atoms with Crippen LogP contribution < -0.4 is 9.47 Å². The van der Waals surface area contributed by atoms with Crippen LogP contribution in [0.15, 0.2) is 131 Å². The van der Waals surface area contributed by atoms with E-state index in [1.165, 1.54) is 0 Å². The molecule has 6 heteroatoms. The van der Waals surface area contributed by atoms with Gasteiger partial charge in [-0.1, -0.05) is 93.9 Å². The largest absolute Gasteiger partial charge is 0.497 e. The maximum atomic E-state index is 13.2. The highest BCUT2D eigenvalue weighted by molar-refractivity contribution is 7.91. The van der Waals surface area contributed by atoms with Gasteiger partial charge < -0.3 is 9.47 Å². The molecule has 0 radical (unpaired) electrons. The molecule has 0 heterocycles. The lowest BCUT2D eigenvalue weighted by molar-refractivity contribution is 0.0984. The minimum atomic E-state index is -3.62. The van der Waals surface area contributed by atoms with E-state index in [1.54, 1.807) is 55.6 Å². The highest BCUT2D eigenvalue weighted by atomic mass is 32.2. The van der Waals surface area contributed by atoms with Crippen LogP contribution in [0.4, 0.5) is 0 Å². The van der Waals surface area contributed by atoms with Crippen LogP contribution in [0.2, 0.25) is 0 Å². The SMILES string of the molecule is CC.CC.COc1ccc(C2(c3ccc(Oc4ccc(S(=O)(=O)c5ccc(C)cc5)cc4)cc3)CC(=O)c3ccccc32)cc1. The second kappa shape index (κ2) is 14.4. The number of hydrogen-bond acceptors (Lipinski definition) is 5. The summed E-state index contributed by atoms with van der Waals surface area (Å²) in [5.41, 5.74) is 4.07. The van der Waals surface area contributed by atoms with E-state index in [1.807, 2.05) is 107 Å². The molecule has 5 aromatic carbocycles. The number of ketones is 1. The van der Waals surface area contributed by atoms with Gasteiger partial charge in [0.05, 0.1) is 22.3 Å². The minimum Gasteiger partial charge on any atom is -0.497 e. The van der Waals surface area contributed by atoms with E-state index in [0.29, 0.717) is 17.9 Å². The van der Waals surface area contributed by atoms with E-state index in [2.05, 4.69) is 0 Å². The third-order valence-corrected chi connectivity index (χ3v) is 9.53. The van der Waals surface area contributed by atoms with Crippen LogP contribution in [0.25, 0.3) is 0 Å². The minimum absolute atomic E-state index is 0.109. The van der Waals surface area contributed by atoms with Gasteiger partial charge in [-0.15, -0.1) is 0 Å². The molecule has 5 nitrogen and oxygen atoms in total. The number of sulfone groups is 1. The Morgan fingerprint density at radius 2 is 1.04 bits per heavy atom. The molecule has 0 bridgehead atoms. The second-order valence-corrected chi connectivity index (χ2v) is 12.1. The molecule has 232 valence electrons. The maximum Gasteiger partial charge on any atom is 0.206 e. The van der Waals surface area contributed by atoms with Crippen LogP contribution >= 0.6 is 0 Å². The van der Waals surface area contributed by atoms with Crippen molar-refractivity contribution >= 4 is 15.6 Å². The zero-order valence-electron chi connectivity index (χ0n) is 26.7. The van der Waals surface area contributed by atoms with Gasteiger partial charge in [0.15, 0.2) is 5.78 Å². The van der Waals surface area contributed by atoms with E-state index in [9.17, 15) is 13.2 Å². The maximum absolute atomic E-state index is 13.2. The van der Waals surface area contributed by atoms with Crippen LogP contribution in [-0.4, -0.2) is 21.3 Å². The Balaban J connectivity index is 0.00000111. The van der Waals surface area contributed by atoms with Gasteiger partial charge in [-0.05, 0) is 84.3 Å². The predicted molar refractivity (Wildman–Crippen MR) is 181 cm³/mol. The summed E-state index contributed by atoms with van der Waals surface area (Å²) in [6.45, 7) is 9.92. The monoisotopic (exact) mass is 620 g/mol. The molecule has 1 unspecified atom stereocenters. The van der Waals surface area contributed by atoms with Crippen LogP contribution in [0.1, 0.15) is 66.7 Å². The number of Topliss-reactive ketones (excluding diaryl/α,β-unsaturated/α-hetero) is 1. The Hall–Kier alpha value is -4.68. The summed E-state index contributed by atoms with van der Waals surface area (Å²) in [5.74, 6) is 1.98. The quantitative estimate of drug-likeness (QED) is 0.181. The van der Waals surface area contributed by atoms with Crippen LogP contribution in [-0.2, 0) is 15.3 Å². The van der Waals surface area contributed by atoms with E-state index in [4.69, 9.17) is 9.47 Å². The molecule has 0 N–H and O–H groups in total. The summed E-state index contributed by atoms with van der Waals surface area (Å²) in [6.07, 6.45) is 0.329. The molecular formula is C39H40O5S. The van der Waals surface area contributed by atoms with E-state index < -0.39 is 15.3 Å². The smallest absolute Gasteiger partial charge is 0.206 e. The highest BCUT2D eigenvalue weighted by Crippen LogP contribution is 2.49. The van der Waals surface area contributed by atoms with Crippen molar-refractivity contribution in [2.75, 3.05) is 7.11 Å². The first kappa shape index (κ1) is 33.2. The summed E-state index contributed by atoms with van der Waals surface area (Å²) >= 11 is 0. The molecule has 0 spiro atoms. The van der Waals surface area contributed by atoms with Crippen molar-refractivity contribution in [2.45, 2.75) is 56.2 Å². The molecule has 1 atom stereocenters. The Labute approximate surface area is 267 Å². The third kappa shape index (κ3) is 6.57. The number of fused-ring (bicyclic) bond motifs is 1. The number of hydrogen-bond donors (Lipinski definition) is 0. The zero-order chi connectivity index (χ0) is 32.6. The number of benzene rings is 5. The first-order valence-corrected chi connectivity index (χ1v) is 16.8. The number of carbonyl (C=O) groups excluding carboxylic acids is 1. The molecule has 0 aromatic heterocycles. The Bertz CT molecular complexity index is 1820. The van der Waals surface area contributed by atoms with Crippen molar-refractivity contribution in [3.63, 3.8) is 0 Å². The van der Waals surface area contributed by atoms with Crippen molar-refractivity contribution in [1.29, 1.82) is 0 Å². The fraction of sp³-hybridized carbons (Fsp3) is 0.205. The summed E-state index contributed by atoms with van der Waals surface area (Å²) in [4.78, 5) is 13.6. The lowest BCUT2D eigenvalue weighted by Crippen LogP contribution is -2.27. The van der Waals surface area contributed by atoms with Crippen LogP contribution in [0, 0.1) is 6.92 Å². The molecule has 0 saturated carbocycles. The average molecular weight is 621 g/mol. The lowest BCUT2D eigenvalue weighted by atomic mass is 9.70. The first-order valence-electron chi connectivity index (χ1n) is 15.3. The van der Waals surface area contributed by atoms with Crippen LogP contribution in [0.3, 0.4) is 0 Å². The van der Waals surface area contributed by atoms with Gasteiger partial charge in [-0.3, -0.25) is 4.79 Å². The summed E-state index contributed by atoms with van der Waals surface area (Å²) in [5, 5.41) is 0. The zero-order valence-corrected chi connectivity index (χ0v) is 27.5. The molecule has 6 rings (SSSR count). The predicted octanol–water partition coefficient (Wildman–Crippen LogP) is 9.60. The molecule has 45 heavy (non-hydrogen) atoms. The summed E-state index contributed by atoms with van der Waals surface area (Å²) in [7, 11) is -1.98. The first-order chi connectivity index (χ1) is 21.8. The van der Waals surface area contributed by atoms with E-state index in [-0.39, 0.29) is 15.6 Å². The van der Waals surface area contributed by atoms with Crippen LogP contribution in [0.5, 0.6) is 17.2 Å². The number of rotatable bonds is 7. The summed E-state index contributed by atoms with van der Waals surface area (Å²) in [6, 6.07) is 36.6. The fourth-order valence-corrected chi connectivity index (χ4v) is 6.83. The lowest BCUT2D eigenvalue weighted by Gasteiger charge is -2.31. The molecule has 1 aliphatic rings. The molecule has 0 amide bonds. The Morgan fingerprint density at radius 3 is 1.56 bits per heavy atom. The Kier molecular flexibility index (Phi) is 10.6. The number of carbonyl (C=O) groups is 1. The number of methoxy groups -OCH3 is 1. The van der Waals surface area contributed by atoms with Gasteiger partial charge in [-0.2, -0.15) is 0 Å². The van der Waals surface area contributed by atoms with Gasteiger partial charge in [0, 0.05) is 12.0 Å². The third-order valence-electron chi connectivity index (χ3n) is 7.74. The van der Waals surface area contributed by atoms with Gasteiger partial charge >= 0.3 is 0 Å². The standard InChI is InChI=1S/C35H28O5S.2C2H6/c1-24-7-19-30(20-8-24)41(37,38)31-21-17-29(18-22-31)40-28-15-11-26(12-16-28)35(25-9-13-27(39-2)14-10-25)23-34(36)32-5-3-4-6-33(32)35;2*1-2/h3-22H,23H2,1-2H3;2*1-2H3. The van der Waals surface area contributed by atoms with E-state index in [0.717, 1.165) is 33.6 Å². The van der Waals surface area contributed by atoms with Crippen molar-refractivity contribution in [3.8, 4) is 17.2 Å². The normalized spacial score (nSPS) is 15.1. The van der Waals surface area contributed by atoms with Crippen molar-refractivity contribution in [1.82, 2.24) is 0 Å². The van der Waals surface area contributed by atoms with Crippen molar-refractivity contribution in [2.24, 2.45) is 0 Å². The molecule has 0 aliphatic heterocycles. The molecule has 1 aliphatic carbocycles. The topological polar surface area (TPSA) is 69.7 Å². The highest BCUT2D eigenvalue weighted by Gasteiger charge is 2.45. The van der Waals surface area contributed by atoms with Gasteiger partial charge in [0.2, 0.25) is 9.84 Å². The molecule has 0 fully saturated rings. The van der Waals surface area contributed by atoms with E-state index >= 15 is 0 Å². The molecule has 5 aromatic rings. The van der Waals surface area contributed by atoms with Crippen molar-refractivity contribution < 1.29 is 22.7 Å². The van der Waals surface area contributed by atoms with Gasteiger partial charge in [0.25, 0.3) is 0 Å². The fourth-order valence-electron chi connectivity index (χ4n) is 5.57. The number of ether oxygens (including phenoxy) is 2. The summed E-state index contributed by atoms with van der Waals surface area (Å²) < 4.78 is 37.4. The Morgan fingerprint density at radius 1 is 0.600 bits per heavy atom.